The first kappa shape index (κ1) is 19.1. The summed E-state index contributed by atoms with van der Waals surface area (Å²) >= 11 is 0. The van der Waals surface area contributed by atoms with Gasteiger partial charge in [-0.05, 0) is 53.8 Å². The summed E-state index contributed by atoms with van der Waals surface area (Å²) < 4.78 is 61.2. The van der Waals surface area contributed by atoms with Gasteiger partial charge in [-0.1, -0.05) is 19.4 Å². The molecule has 0 heterocycles. The number of esters is 1. The third-order valence-corrected chi connectivity index (χ3v) is 4.48. The van der Waals surface area contributed by atoms with Crippen LogP contribution in [-0.2, 0) is 16.0 Å². The molecule has 1 aliphatic rings. The van der Waals surface area contributed by atoms with Gasteiger partial charge in [-0.15, -0.1) is 0 Å². The van der Waals surface area contributed by atoms with Crippen molar-refractivity contribution in [3.8, 4) is 11.1 Å². The van der Waals surface area contributed by atoms with Crippen molar-refractivity contribution in [3.05, 3.63) is 64.4 Å². The molecule has 0 fully saturated rings. The first-order valence-electron chi connectivity index (χ1n) is 8.78. The van der Waals surface area contributed by atoms with Crippen LogP contribution in [0.15, 0.2) is 30.0 Å². The molecule has 0 aliphatic heterocycles. The van der Waals surface area contributed by atoms with Crippen LogP contribution in [0.25, 0.3) is 17.2 Å². The Hall–Kier alpha value is -2.63. The molecule has 0 spiro atoms. The third-order valence-electron chi connectivity index (χ3n) is 4.48. The van der Waals surface area contributed by atoms with Crippen molar-refractivity contribution in [2.75, 3.05) is 0 Å². The zero-order valence-corrected chi connectivity index (χ0v) is 14.8. The van der Waals surface area contributed by atoms with Crippen LogP contribution in [0.5, 0.6) is 0 Å². The predicted octanol–water partition coefficient (Wildman–Crippen LogP) is 5.93. The Balaban J connectivity index is 1.94. The average Bonchev–Trinajstić information content (AvgIpc) is 2.62. The highest BCUT2D eigenvalue weighted by Gasteiger charge is 2.23. The van der Waals surface area contributed by atoms with E-state index in [0.717, 1.165) is 30.7 Å². The first-order chi connectivity index (χ1) is 12.9. The number of carbonyl (C=O) groups is 1. The minimum Gasteiger partial charge on any atom is -0.431 e. The summed E-state index contributed by atoms with van der Waals surface area (Å²) in [5.74, 6) is -3.98. The van der Waals surface area contributed by atoms with Gasteiger partial charge in [0.2, 0.25) is 0 Å². The van der Waals surface area contributed by atoms with Gasteiger partial charge < -0.3 is 4.74 Å². The fourth-order valence-electron chi connectivity index (χ4n) is 3.07. The summed E-state index contributed by atoms with van der Waals surface area (Å²) in [4.78, 5) is 11.7. The van der Waals surface area contributed by atoms with Crippen LogP contribution in [0.1, 0.15) is 43.7 Å². The lowest BCUT2D eigenvalue weighted by Crippen LogP contribution is -2.10. The lowest BCUT2D eigenvalue weighted by Gasteiger charge is -2.19. The lowest BCUT2D eigenvalue weighted by molar-refractivity contribution is -0.139. The van der Waals surface area contributed by atoms with E-state index in [1.807, 2.05) is 6.92 Å². The fraction of sp³-hybridized carbons (Fsp3) is 0.286. The van der Waals surface area contributed by atoms with Gasteiger partial charge in [-0.25, -0.2) is 17.6 Å². The molecule has 3 rings (SSSR count). The SMILES string of the molecule is CCCCC(=O)OC1=Cc2cc(F)c(-c3ccc(F)c(F)c3)c(F)c2CC1. The number of allylic oxidation sites excluding steroid dienone is 1. The summed E-state index contributed by atoms with van der Waals surface area (Å²) in [5.41, 5.74) is 0.0577. The van der Waals surface area contributed by atoms with Crippen LogP contribution >= 0.6 is 0 Å². The number of fused-ring (bicyclic) bond motifs is 1. The Labute approximate surface area is 154 Å². The van der Waals surface area contributed by atoms with Gasteiger partial charge in [0.15, 0.2) is 11.6 Å². The van der Waals surface area contributed by atoms with Gasteiger partial charge in [0.25, 0.3) is 0 Å². The van der Waals surface area contributed by atoms with Crippen LogP contribution in [0, 0.1) is 23.3 Å². The molecule has 0 bridgehead atoms. The number of benzene rings is 2. The average molecular weight is 378 g/mol. The molecule has 0 unspecified atom stereocenters. The maximum Gasteiger partial charge on any atom is 0.310 e. The highest BCUT2D eigenvalue weighted by molar-refractivity contribution is 5.74. The number of unbranched alkanes of at least 4 members (excludes halogenated alkanes) is 1. The normalized spacial score (nSPS) is 13.1. The summed E-state index contributed by atoms with van der Waals surface area (Å²) in [6.45, 7) is 1.96. The maximum absolute atomic E-state index is 14.9. The van der Waals surface area contributed by atoms with Crippen molar-refractivity contribution in [2.45, 2.75) is 39.0 Å². The number of rotatable bonds is 5. The maximum atomic E-state index is 14.9. The van der Waals surface area contributed by atoms with E-state index in [0.29, 0.717) is 25.0 Å². The number of halogens is 4. The zero-order valence-electron chi connectivity index (χ0n) is 14.8. The Morgan fingerprint density at radius 3 is 2.52 bits per heavy atom. The molecule has 27 heavy (non-hydrogen) atoms. The molecular formula is C21H18F4O2. The lowest BCUT2D eigenvalue weighted by atomic mass is 9.91. The van der Waals surface area contributed by atoms with E-state index in [1.54, 1.807) is 0 Å². The van der Waals surface area contributed by atoms with Crippen molar-refractivity contribution in [3.63, 3.8) is 0 Å². The van der Waals surface area contributed by atoms with Crippen molar-refractivity contribution in [1.82, 2.24) is 0 Å². The summed E-state index contributed by atoms with van der Waals surface area (Å²) in [6.07, 6.45) is 3.82. The molecule has 2 aromatic rings. The third kappa shape index (κ3) is 4.04. The quantitative estimate of drug-likeness (QED) is 0.476. The molecule has 0 amide bonds. The molecule has 0 saturated carbocycles. The number of ether oxygens (including phenoxy) is 1. The topological polar surface area (TPSA) is 26.3 Å². The second-order valence-corrected chi connectivity index (χ2v) is 6.43. The van der Waals surface area contributed by atoms with E-state index < -0.39 is 28.8 Å². The smallest absolute Gasteiger partial charge is 0.310 e. The standard InChI is InChI=1S/C21H18F4O2/c1-2-3-4-19(26)27-14-6-7-15-13(9-14)11-18(24)20(21(15)25)12-5-8-16(22)17(23)10-12/h5,8-11H,2-4,6-7H2,1H3. The van der Waals surface area contributed by atoms with E-state index >= 15 is 0 Å². The molecule has 1 aliphatic carbocycles. The van der Waals surface area contributed by atoms with E-state index in [2.05, 4.69) is 0 Å². The van der Waals surface area contributed by atoms with Crippen LogP contribution < -0.4 is 0 Å². The Bertz CT molecular complexity index is 919. The molecule has 0 saturated heterocycles. The van der Waals surface area contributed by atoms with Crippen LogP contribution in [-0.4, -0.2) is 5.97 Å². The van der Waals surface area contributed by atoms with Crippen LogP contribution in [0.2, 0.25) is 0 Å². The molecule has 6 heteroatoms. The highest BCUT2D eigenvalue weighted by atomic mass is 19.2. The Morgan fingerprint density at radius 2 is 1.81 bits per heavy atom. The van der Waals surface area contributed by atoms with Crippen molar-refractivity contribution >= 4 is 12.0 Å². The summed E-state index contributed by atoms with van der Waals surface area (Å²) in [5, 5.41) is 0. The summed E-state index contributed by atoms with van der Waals surface area (Å²) in [7, 11) is 0. The van der Waals surface area contributed by atoms with Gasteiger partial charge in [-0.2, -0.15) is 0 Å². The summed E-state index contributed by atoms with van der Waals surface area (Å²) in [6, 6.07) is 3.85. The Morgan fingerprint density at radius 1 is 1.04 bits per heavy atom. The van der Waals surface area contributed by atoms with Crippen LogP contribution in [0.3, 0.4) is 0 Å². The monoisotopic (exact) mass is 378 g/mol. The molecule has 0 aromatic heterocycles. The molecule has 2 nitrogen and oxygen atoms in total. The van der Waals surface area contributed by atoms with Crippen LogP contribution in [0.4, 0.5) is 17.6 Å². The molecule has 2 aromatic carbocycles. The number of hydrogen-bond acceptors (Lipinski definition) is 2. The molecular weight excluding hydrogens is 360 g/mol. The van der Waals surface area contributed by atoms with Gasteiger partial charge >= 0.3 is 5.97 Å². The molecule has 0 radical (unpaired) electrons. The number of carbonyl (C=O) groups excluding carboxylic acids is 1. The predicted molar refractivity (Wildman–Crippen MR) is 93.6 cm³/mol. The Kier molecular flexibility index (Phi) is 5.63. The minimum atomic E-state index is -1.18. The van der Waals surface area contributed by atoms with E-state index in [9.17, 15) is 22.4 Å². The van der Waals surface area contributed by atoms with E-state index in [1.165, 1.54) is 6.08 Å². The minimum absolute atomic E-state index is 0.0764. The molecule has 0 atom stereocenters. The van der Waals surface area contributed by atoms with Gasteiger partial charge in [-0.3, -0.25) is 4.79 Å². The van der Waals surface area contributed by atoms with Crippen molar-refractivity contribution < 1.29 is 27.1 Å². The van der Waals surface area contributed by atoms with Crippen molar-refractivity contribution in [2.24, 2.45) is 0 Å². The largest absolute Gasteiger partial charge is 0.431 e. The zero-order chi connectivity index (χ0) is 19.6. The second kappa shape index (κ2) is 7.94. The van der Waals surface area contributed by atoms with E-state index in [-0.39, 0.29) is 29.1 Å². The van der Waals surface area contributed by atoms with Crippen molar-refractivity contribution in [1.29, 1.82) is 0 Å². The van der Waals surface area contributed by atoms with Gasteiger partial charge in [0, 0.05) is 12.8 Å². The molecule has 0 N–H and O–H groups in total. The number of hydrogen-bond donors (Lipinski definition) is 0. The van der Waals surface area contributed by atoms with Gasteiger partial charge in [0.1, 0.15) is 17.4 Å². The fourth-order valence-corrected chi connectivity index (χ4v) is 3.07. The molecule has 142 valence electrons. The van der Waals surface area contributed by atoms with E-state index in [4.69, 9.17) is 4.74 Å². The van der Waals surface area contributed by atoms with Gasteiger partial charge in [0.05, 0.1) is 5.56 Å². The second-order valence-electron chi connectivity index (χ2n) is 6.43. The first-order valence-corrected chi connectivity index (χ1v) is 8.78. The highest BCUT2D eigenvalue weighted by Crippen LogP contribution is 2.35.